The minimum absolute atomic E-state index is 0.138. The number of aromatic nitrogens is 2. The quantitative estimate of drug-likeness (QED) is 0.648. The van der Waals surface area contributed by atoms with Crippen LogP contribution >= 0.6 is 0 Å². The van der Waals surface area contributed by atoms with Crippen molar-refractivity contribution in [2.45, 2.75) is 12.5 Å². The van der Waals surface area contributed by atoms with Crippen LogP contribution in [-0.2, 0) is 11.2 Å². The summed E-state index contributed by atoms with van der Waals surface area (Å²) < 4.78 is 11.1. The summed E-state index contributed by atoms with van der Waals surface area (Å²) in [5.41, 5.74) is 2.46. The fourth-order valence-corrected chi connectivity index (χ4v) is 3.09. The molecule has 138 valence electrons. The van der Waals surface area contributed by atoms with Crippen LogP contribution in [0.4, 0.5) is 5.69 Å². The molecular formula is C20H20N4O3. The molecule has 1 aliphatic heterocycles. The van der Waals surface area contributed by atoms with Crippen molar-refractivity contribution in [3.05, 3.63) is 66.2 Å². The smallest absolute Gasteiger partial charge is 0.247 e. The summed E-state index contributed by atoms with van der Waals surface area (Å²) in [7, 11) is 1.60. The van der Waals surface area contributed by atoms with Gasteiger partial charge >= 0.3 is 0 Å². The van der Waals surface area contributed by atoms with E-state index in [4.69, 9.17) is 9.47 Å². The number of anilines is 1. The second kappa shape index (κ2) is 7.51. The van der Waals surface area contributed by atoms with Gasteiger partial charge in [-0.1, -0.05) is 12.1 Å². The molecule has 1 atom stereocenters. The number of methoxy groups -OCH3 is 1. The van der Waals surface area contributed by atoms with Crippen molar-refractivity contribution in [2.75, 3.05) is 19.0 Å². The maximum atomic E-state index is 12.6. The molecule has 4 rings (SSSR count). The van der Waals surface area contributed by atoms with Gasteiger partial charge in [0.2, 0.25) is 5.91 Å². The normalized spacial score (nSPS) is 15.7. The second-order valence-electron chi connectivity index (χ2n) is 6.17. The molecule has 3 aromatic rings. The maximum Gasteiger partial charge on any atom is 0.247 e. The fourth-order valence-electron chi connectivity index (χ4n) is 3.09. The zero-order valence-corrected chi connectivity index (χ0v) is 14.9. The Morgan fingerprint density at radius 1 is 1.15 bits per heavy atom. The number of benzene rings is 2. The minimum atomic E-state index is -0.454. The molecule has 0 aliphatic carbocycles. The number of amides is 1. The maximum absolute atomic E-state index is 12.6. The molecule has 2 aromatic carbocycles. The molecule has 0 spiro atoms. The van der Waals surface area contributed by atoms with Crippen LogP contribution in [0.2, 0.25) is 0 Å². The molecular weight excluding hydrogens is 344 g/mol. The van der Waals surface area contributed by atoms with E-state index in [2.05, 4.69) is 20.6 Å². The van der Waals surface area contributed by atoms with Crippen LogP contribution in [0.25, 0.3) is 0 Å². The summed E-state index contributed by atoms with van der Waals surface area (Å²) in [4.78, 5) is 20.0. The molecule has 0 bridgehead atoms. The molecule has 1 unspecified atom stereocenters. The van der Waals surface area contributed by atoms with Gasteiger partial charge in [-0.25, -0.2) is 4.98 Å². The molecule has 0 saturated carbocycles. The van der Waals surface area contributed by atoms with Crippen LogP contribution in [0.15, 0.2) is 54.9 Å². The van der Waals surface area contributed by atoms with Gasteiger partial charge in [0.25, 0.3) is 0 Å². The Hall–Kier alpha value is -3.32. The number of carbonyl (C=O) groups excluding carboxylic acids is 1. The number of aromatic amines is 1. The summed E-state index contributed by atoms with van der Waals surface area (Å²) in [6, 6.07) is 14.2. The summed E-state index contributed by atoms with van der Waals surface area (Å²) in [5, 5.41) is 6.13. The zero-order valence-electron chi connectivity index (χ0n) is 14.9. The van der Waals surface area contributed by atoms with Gasteiger partial charge < -0.3 is 25.1 Å². The van der Waals surface area contributed by atoms with Crippen LogP contribution < -0.4 is 20.1 Å². The van der Waals surface area contributed by atoms with Crippen molar-refractivity contribution in [3.8, 4) is 17.2 Å². The van der Waals surface area contributed by atoms with E-state index in [1.54, 1.807) is 37.7 Å². The van der Waals surface area contributed by atoms with E-state index < -0.39 is 6.04 Å². The van der Waals surface area contributed by atoms with Gasteiger partial charge in [0, 0.05) is 24.3 Å². The number of carbonyl (C=O) groups is 1. The highest BCUT2D eigenvalue weighted by molar-refractivity contribution is 5.95. The third kappa shape index (κ3) is 3.63. The van der Waals surface area contributed by atoms with E-state index in [9.17, 15) is 4.79 Å². The number of ether oxygens (including phenoxy) is 2. The van der Waals surface area contributed by atoms with Gasteiger partial charge in [-0.15, -0.1) is 0 Å². The highest BCUT2D eigenvalue weighted by Crippen LogP contribution is 2.31. The van der Waals surface area contributed by atoms with Crippen LogP contribution in [0.3, 0.4) is 0 Å². The van der Waals surface area contributed by atoms with E-state index in [1.165, 1.54) is 0 Å². The third-order valence-electron chi connectivity index (χ3n) is 4.43. The van der Waals surface area contributed by atoms with Crippen LogP contribution in [-0.4, -0.2) is 29.5 Å². The lowest BCUT2D eigenvalue weighted by atomic mass is 10.0. The average molecular weight is 364 g/mol. The largest absolute Gasteiger partial charge is 0.493 e. The zero-order chi connectivity index (χ0) is 18.6. The Morgan fingerprint density at radius 3 is 2.70 bits per heavy atom. The first-order valence-electron chi connectivity index (χ1n) is 8.72. The lowest BCUT2D eigenvalue weighted by Gasteiger charge is -2.22. The summed E-state index contributed by atoms with van der Waals surface area (Å²) in [5.74, 6) is 1.81. The third-order valence-corrected chi connectivity index (χ3v) is 4.43. The molecule has 1 amide bonds. The van der Waals surface area contributed by atoms with E-state index in [1.807, 2.05) is 24.3 Å². The van der Waals surface area contributed by atoms with Gasteiger partial charge in [0.1, 0.15) is 11.8 Å². The molecule has 0 saturated heterocycles. The molecule has 0 radical (unpaired) electrons. The predicted molar refractivity (Wildman–Crippen MR) is 101 cm³/mol. The minimum Gasteiger partial charge on any atom is -0.493 e. The Kier molecular flexibility index (Phi) is 4.76. The number of H-pyrrole nitrogens is 1. The van der Waals surface area contributed by atoms with E-state index in [0.29, 0.717) is 22.9 Å². The van der Waals surface area contributed by atoms with E-state index >= 15 is 0 Å². The molecule has 3 N–H and O–H groups in total. The number of hydrogen-bond acceptors (Lipinski definition) is 5. The van der Waals surface area contributed by atoms with Crippen molar-refractivity contribution in [2.24, 2.45) is 0 Å². The molecule has 0 fully saturated rings. The number of nitrogens with zero attached hydrogens (tertiary/aromatic N) is 1. The van der Waals surface area contributed by atoms with E-state index in [-0.39, 0.29) is 5.91 Å². The van der Waals surface area contributed by atoms with Gasteiger partial charge in [0.05, 0.1) is 19.1 Å². The molecule has 1 aliphatic rings. The van der Waals surface area contributed by atoms with Gasteiger partial charge in [0.15, 0.2) is 11.5 Å². The number of imidazole rings is 1. The summed E-state index contributed by atoms with van der Waals surface area (Å²) in [6.45, 7) is 0.735. The molecule has 7 heteroatoms. The Bertz CT molecular complexity index is 936. The molecule has 7 nitrogen and oxygen atoms in total. The predicted octanol–water partition coefficient (Wildman–Crippen LogP) is 3.04. The van der Waals surface area contributed by atoms with Crippen molar-refractivity contribution in [3.63, 3.8) is 0 Å². The van der Waals surface area contributed by atoms with Crippen LogP contribution in [0.5, 0.6) is 17.2 Å². The lowest BCUT2D eigenvalue weighted by Crippen LogP contribution is -2.38. The van der Waals surface area contributed by atoms with Crippen molar-refractivity contribution >= 4 is 11.6 Å². The lowest BCUT2D eigenvalue weighted by molar-refractivity contribution is -0.118. The van der Waals surface area contributed by atoms with Crippen molar-refractivity contribution < 1.29 is 14.3 Å². The van der Waals surface area contributed by atoms with Crippen LogP contribution in [0, 0.1) is 0 Å². The summed E-state index contributed by atoms with van der Waals surface area (Å²) in [6.07, 6.45) is 2.47. The number of fused-ring (bicyclic) bond motifs is 1. The first kappa shape index (κ1) is 17.1. The van der Waals surface area contributed by atoms with Gasteiger partial charge in [-0.3, -0.25) is 4.79 Å². The number of nitrogens with one attached hydrogen (secondary N) is 3. The first-order valence-corrected chi connectivity index (χ1v) is 8.72. The first-order chi connectivity index (χ1) is 13.2. The number of hydrogen-bond donors (Lipinski definition) is 3. The van der Waals surface area contributed by atoms with Gasteiger partial charge in [-0.05, 0) is 36.4 Å². The van der Waals surface area contributed by atoms with E-state index in [0.717, 1.165) is 24.4 Å². The Labute approximate surface area is 156 Å². The summed E-state index contributed by atoms with van der Waals surface area (Å²) >= 11 is 0. The average Bonchev–Trinajstić information content (AvgIpc) is 3.18. The molecule has 27 heavy (non-hydrogen) atoms. The van der Waals surface area contributed by atoms with Gasteiger partial charge in [-0.2, -0.15) is 0 Å². The number of rotatable bonds is 5. The monoisotopic (exact) mass is 364 g/mol. The topological polar surface area (TPSA) is 88.3 Å². The Balaban J connectivity index is 1.43. The Morgan fingerprint density at radius 2 is 1.93 bits per heavy atom. The highest BCUT2D eigenvalue weighted by atomic mass is 16.5. The fraction of sp³-hybridized carbons (Fsp3) is 0.200. The standard InChI is InChI=1S/C20H20N4O3/c1-26-16-4-2-3-5-17(16)27-14-8-6-13(7-9-14)24-20(25)19-18-15(10-11-21-19)22-12-23-18/h2-9,12,19,21H,10-11H2,1H3,(H,22,23)(H,24,25). The molecule has 2 heterocycles. The molecule has 1 aromatic heterocycles. The second-order valence-corrected chi connectivity index (χ2v) is 6.17. The SMILES string of the molecule is COc1ccccc1Oc1ccc(NC(=O)C2NCCc3[nH]cnc32)cc1. The van der Waals surface area contributed by atoms with Crippen molar-refractivity contribution in [1.29, 1.82) is 0 Å². The highest BCUT2D eigenvalue weighted by Gasteiger charge is 2.28. The number of para-hydroxylation sites is 2. The van der Waals surface area contributed by atoms with Crippen LogP contribution in [0.1, 0.15) is 17.4 Å². The van der Waals surface area contributed by atoms with Crippen molar-refractivity contribution in [1.82, 2.24) is 15.3 Å².